The van der Waals surface area contributed by atoms with Gasteiger partial charge in [-0.25, -0.2) is 9.50 Å². The lowest BCUT2D eigenvalue weighted by molar-refractivity contribution is 0.768. The normalized spacial score (nSPS) is 11.7. The van der Waals surface area contributed by atoms with Gasteiger partial charge in [0.1, 0.15) is 0 Å². The van der Waals surface area contributed by atoms with Crippen LogP contribution in [0.25, 0.3) is 5.65 Å². The van der Waals surface area contributed by atoms with Gasteiger partial charge in [0.2, 0.25) is 0 Å². The number of aromatic nitrogens is 3. The summed E-state index contributed by atoms with van der Waals surface area (Å²) in [5.74, 6) is 0.512. The molecule has 1 N–H and O–H groups in total. The summed E-state index contributed by atoms with van der Waals surface area (Å²) in [4.78, 5) is 4.33. The summed E-state index contributed by atoms with van der Waals surface area (Å²) in [6, 6.07) is 0. The zero-order chi connectivity index (χ0) is 8.72. The molecule has 0 unspecified atom stereocenters. The topological polar surface area (TPSA) is 33.1 Å². The number of imidazole rings is 1. The molecule has 2 rings (SSSR count). The van der Waals surface area contributed by atoms with Gasteiger partial charge >= 0.3 is 0 Å². The average Bonchev–Trinajstić information content (AvgIpc) is 2.53. The van der Waals surface area contributed by atoms with E-state index in [0.29, 0.717) is 5.92 Å². The largest absolute Gasteiger partial charge is 0.300 e. The van der Waals surface area contributed by atoms with Crippen molar-refractivity contribution in [1.82, 2.24) is 14.6 Å². The third kappa shape index (κ3) is 0.858. The smallest absolute Gasteiger partial charge is 0.156 e. The molecular weight excluding hydrogens is 150 g/mol. The van der Waals surface area contributed by atoms with E-state index in [1.165, 1.54) is 11.3 Å². The van der Waals surface area contributed by atoms with Crippen molar-refractivity contribution >= 4 is 5.65 Å². The maximum Gasteiger partial charge on any atom is 0.156 e. The second kappa shape index (κ2) is 2.37. The number of nitrogens with one attached hydrogen (secondary N) is 1. The highest BCUT2D eigenvalue weighted by Crippen LogP contribution is 2.17. The first kappa shape index (κ1) is 7.40. The van der Waals surface area contributed by atoms with Crippen LogP contribution in [0.5, 0.6) is 0 Å². The van der Waals surface area contributed by atoms with E-state index in [0.717, 1.165) is 5.65 Å². The van der Waals surface area contributed by atoms with Crippen LogP contribution in [0.2, 0.25) is 0 Å². The third-order valence-electron chi connectivity index (χ3n) is 2.14. The molecule has 0 spiro atoms. The maximum absolute atomic E-state index is 4.33. The van der Waals surface area contributed by atoms with Crippen molar-refractivity contribution in [2.45, 2.75) is 26.7 Å². The summed E-state index contributed by atoms with van der Waals surface area (Å²) in [5, 5.41) is 3.17. The number of H-pyrrole nitrogens is 1. The molecule has 0 fully saturated rings. The van der Waals surface area contributed by atoms with E-state index in [1.54, 1.807) is 0 Å². The van der Waals surface area contributed by atoms with Gasteiger partial charge in [0.25, 0.3) is 0 Å². The molecule has 64 valence electrons. The summed E-state index contributed by atoms with van der Waals surface area (Å²) in [7, 11) is 0. The molecule has 3 heteroatoms. The molecule has 0 radical (unpaired) electrons. The molecule has 2 aromatic rings. The molecule has 0 atom stereocenters. The van der Waals surface area contributed by atoms with Crippen LogP contribution in [0.1, 0.15) is 31.0 Å². The summed E-state index contributed by atoms with van der Waals surface area (Å²) in [6.45, 7) is 6.39. The summed E-state index contributed by atoms with van der Waals surface area (Å²) < 4.78 is 2.04. The van der Waals surface area contributed by atoms with E-state index in [4.69, 9.17) is 0 Å². The fourth-order valence-corrected chi connectivity index (χ4v) is 1.41. The molecule has 2 heterocycles. The zero-order valence-corrected chi connectivity index (χ0v) is 7.63. The Hall–Kier alpha value is -1.25. The van der Waals surface area contributed by atoms with Crippen molar-refractivity contribution in [3.8, 4) is 0 Å². The van der Waals surface area contributed by atoms with Crippen molar-refractivity contribution in [3.63, 3.8) is 0 Å². The number of nitrogens with zero attached hydrogens (tertiary/aromatic N) is 2. The number of hydrogen-bond donors (Lipinski definition) is 1. The molecule has 0 aliphatic rings. The van der Waals surface area contributed by atoms with E-state index >= 15 is 0 Å². The van der Waals surface area contributed by atoms with Crippen LogP contribution in [0.4, 0.5) is 0 Å². The van der Waals surface area contributed by atoms with Crippen molar-refractivity contribution in [2.75, 3.05) is 0 Å². The highest BCUT2D eigenvalue weighted by molar-refractivity contribution is 5.47. The first-order valence-electron chi connectivity index (χ1n) is 4.21. The SMILES string of the molecule is Cc1c[nH]n2c(C(C)C)cnc12. The number of aromatic amines is 1. The zero-order valence-electron chi connectivity index (χ0n) is 7.63. The summed E-state index contributed by atoms with van der Waals surface area (Å²) >= 11 is 0. The second-order valence-corrected chi connectivity index (χ2v) is 3.45. The van der Waals surface area contributed by atoms with Gasteiger partial charge in [0.05, 0.1) is 11.9 Å². The minimum Gasteiger partial charge on any atom is -0.300 e. The number of rotatable bonds is 1. The molecule has 12 heavy (non-hydrogen) atoms. The first-order chi connectivity index (χ1) is 5.70. The Labute approximate surface area is 71.4 Å². The minimum absolute atomic E-state index is 0.512. The maximum atomic E-state index is 4.33. The molecule has 0 aliphatic carbocycles. The second-order valence-electron chi connectivity index (χ2n) is 3.45. The monoisotopic (exact) mass is 163 g/mol. The van der Waals surface area contributed by atoms with Gasteiger partial charge in [-0.15, -0.1) is 0 Å². The highest BCUT2D eigenvalue weighted by Gasteiger charge is 2.08. The number of hydrogen-bond acceptors (Lipinski definition) is 1. The number of aryl methyl sites for hydroxylation is 1. The van der Waals surface area contributed by atoms with Crippen LogP contribution >= 0.6 is 0 Å². The van der Waals surface area contributed by atoms with Crippen LogP contribution in [0.15, 0.2) is 12.4 Å². The molecule has 0 aromatic carbocycles. The lowest BCUT2D eigenvalue weighted by atomic mass is 10.2. The lowest BCUT2D eigenvalue weighted by Crippen LogP contribution is -1.94. The quantitative estimate of drug-likeness (QED) is 0.686. The van der Waals surface area contributed by atoms with Gasteiger partial charge < -0.3 is 0 Å². The fraction of sp³-hybridized carbons (Fsp3) is 0.444. The third-order valence-corrected chi connectivity index (χ3v) is 2.14. The van der Waals surface area contributed by atoms with E-state index in [1.807, 2.05) is 16.9 Å². The Kier molecular flexibility index (Phi) is 1.46. The van der Waals surface area contributed by atoms with Crippen LogP contribution in [0, 0.1) is 6.92 Å². The molecule has 0 bridgehead atoms. The molecule has 0 aliphatic heterocycles. The van der Waals surface area contributed by atoms with E-state index in [9.17, 15) is 0 Å². The van der Waals surface area contributed by atoms with Crippen LogP contribution in [0.3, 0.4) is 0 Å². The fourth-order valence-electron chi connectivity index (χ4n) is 1.41. The van der Waals surface area contributed by atoms with Gasteiger partial charge in [-0.05, 0) is 12.8 Å². The van der Waals surface area contributed by atoms with Crippen molar-refractivity contribution in [3.05, 3.63) is 23.7 Å². The predicted octanol–water partition coefficient (Wildman–Crippen LogP) is 2.09. The standard InChI is InChI=1S/C9H13N3/c1-6(2)8-5-10-9-7(3)4-11-12(8)9/h4-6,11H,1-3H3. The molecule has 3 nitrogen and oxygen atoms in total. The molecule has 0 amide bonds. The van der Waals surface area contributed by atoms with Crippen molar-refractivity contribution < 1.29 is 0 Å². The summed E-state index contributed by atoms with van der Waals surface area (Å²) in [5.41, 5.74) is 3.47. The van der Waals surface area contributed by atoms with E-state index in [2.05, 4.69) is 30.9 Å². The first-order valence-corrected chi connectivity index (χ1v) is 4.21. The average molecular weight is 163 g/mol. The predicted molar refractivity (Wildman–Crippen MR) is 48.4 cm³/mol. The highest BCUT2D eigenvalue weighted by atomic mass is 15.3. The van der Waals surface area contributed by atoms with Crippen LogP contribution in [-0.4, -0.2) is 14.6 Å². The van der Waals surface area contributed by atoms with Gasteiger partial charge in [-0.2, -0.15) is 0 Å². The van der Waals surface area contributed by atoms with Gasteiger partial charge in [-0.1, -0.05) is 13.8 Å². The molecule has 0 saturated heterocycles. The van der Waals surface area contributed by atoms with Crippen LogP contribution in [-0.2, 0) is 0 Å². The Bertz CT molecular complexity index is 395. The minimum atomic E-state index is 0.512. The summed E-state index contributed by atoms with van der Waals surface area (Å²) in [6.07, 6.45) is 3.91. The van der Waals surface area contributed by atoms with Crippen LogP contribution < -0.4 is 0 Å². The van der Waals surface area contributed by atoms with Gasteiger partial charge in [0.15, 0.2) is 5.65 Å². The Balaban J connectivity index is 2.71. The Morgan fingerprint density at radius 3 is 2.92 bits per heavy atom. The number of fused-ring (bicyclic) bond motifs is 1. The van der Waals surface area contributed by atoms with Gasteiger partial charge in [0, 0.05) is 11.8 Å². The van der Waals surface area contributed by atoms with E-state index in [-0.39, 0.29) is 0 Å². The Morgan fingerprint density at radius 1 is 1.50 bits per heavy atom. The van der Waals surface area contributed by atoms with Gasteiger partial charge in [-0.3, -0.25) is 5.10 Å². The molecule has 2 aromatic heterocycles. The lowest BCUT2D eigenvalue weighted by Gasteiger charge is -2.00. The van der Waals surface area contributed by atoms with Crippen molar-refractivity contribution in [1.29, 1.82) is 0 Å². The molecular formula is C9H13N3. The van der Waals surface area contributed by atoms with E-state index < -0.39 is 0 Å². The Morgan fingerprint density at radius 2 is 2.25 bits per heavy atom. The molecule has 0 saturated carbocycles. The van der Waals surface area contributed by atoms with Crippen molar-refractivity contribution in [2.24, 2.45) is 0 Å².